The van der Waals surface area contributed by atoms with Gasteiger partial charge >= 0.3 is 0 Å². The summed E-state index contributed by atoms with van der Waals surface area (Å²) in [6.07, 6.45) is -2.28. The molecule has 0 saturated heterocycles. The van der Waals surface area contributed by atoms with Gasteiger partial charge in [0, 0.05) is 0 Å². The van der Waals surface area contributed by atoms with Crippen LogP contribution in [0.25, 0.3) is 0 Å². The number of aliphatic hydroxyl groups is 2. The number of halogens is 4. The molecule has 0 amide bonds. The summed E-state index contributed by atoms with van der Waals surface area (Å²) in [4.78, 5) is 0. The molecule has 0 fully saturated rings. The Labute approximate surface area is 85.3 Å². The maximum atomic E-state index is 10.6. The first-order valence-corrected chi connectivity index (χ1v) is 4.80. The molecule has 0 saturated carbocycles. The Bertz CT molecular complexity index is 55.2. The van der Waals surface area contributed by atoms with E-state index in [1.807, 2.05) is 0 Å². The van der Waals surface area contributed by atoms with Gasteiger partial charge in [-0.05, 0) is 0 Å². The zero-order chi connectivity index (χ0) is 8.57. The summed E-state index contributed by atoms with van der Waals surface area (Å²) in [7, 11) is 0. The quantitative estimate of drug-likeness (QED) is 0.562. The van der Waals surface area contributed by atoms with Gasteiger partial charge in [0.1, 0.15) is 6.67 Å². The molecule has 0 spiro atoms. The van der Waals surface area contributed by atoms with Gasteiger partial charge in [-0.2, -0.15) is 0 Å². The van der Waals surface area contributed by atoms with Crippen molar-refractivity contribution < 1.29 is 19.0 Å². The molecular formula is C4H8F2I2O2. The van der Waals surface area contributed by atoms with E-state index in [4.69, 9.17) is 10.2 Å². The van der Waals surface area contributed by atoms with Crippen LogP contribution < -0.4 is 0 Å². The van der Waals surface area contributed by atoms with E-state index in [1.165, 1.54) is 0 Å². The van der Waals surface area contributed by atoms with E-state index in [2.05, 4.69) is 45.2 Å². The maximum absolute atomic E-state index is 10.6. The Balaban J connectivity index is 0. The second-order valence-electron chi connectivity index (χ2n) is 1.16. The third-order valence-corrected chi connectivity index (χ3v) is 1.05. The van der Waals surface area contributed by atoms with Crippen molar-refractivity contribution >= 4 is 45.2 Å². The highest BCUT2D eigenvalue weighted by atomic mass is 127. The Morgan fingerprint density at radius 3 is 1.60 bits per heavy atom. The van der Waals surface area contributed by atoms with Crippen molar-refractivity contribution in [2.45, 2.75) is 8.29 Å². The largest absolute Gasteiger partial charge is 0.394 e. The SMILES string of the molecule is OC(F)CF.OCC(I)I. The first-order chi connectivity index (χ1) is 4.54. The van der Waals surface area contributed by atoms with Crippen LogP contribution in [0.5, 0.6) is 0 Å². The van der Waals surface area contributed by atoms with Gasteiger partial charge in [-0.1, -0.05) is 45.2 Å². The van der Waals surface area contributed by atoms with Gasteiger partial charge in [-0.25, -0.2) is 8.78 Å². The summed E-state index contributed by atoms with van der Waals surface area (Å²) in [6.45, 7) is -1.03. The van der Waals surface area contributed by atoms with Crippen LogP contribution in [-0.4, -0.2) is 31.8 Å². The fourth-order valence-electron chi connectivity index (χ4n) is 0. The molecule has 2 N–H and O–H groups in total. The normalized spacial score (nSPS) is 12.3. The Morgan fingerprint density at radius 2 is 1.60 bits per heavy atom. The highest BCUT2D eigenvalue weighted by molar-refractivity contribution is 14.2. The van der Waals surface area contributed by atoms with E-state index in [9.17, 15) is 8.78 Å². The number of aliphatic hydroxyl groups excluding tert-OH is 2. The van der Waals surface area contributed by atoms with Gasteiger partial charge in [0.05, 0.1) is 8.54 Å². The fourth-order valence-corrected chi connectivity index (χ4v) is 0. The minimum absolute atomic E-state index is 0.279. The van der Waals surface area contributed by atoms with E-state index in [-0.39, 0.29) is 6.61 Å². The van der Waals surface area contributed by atoms with Crippen LogP contribution in [0, 0.1) is 0 Å². The van der Waals surface area contributed by atoms with Crippen molar-refractivity contribution in [2.24, 2.45) is 0 Å². The van der Waals surface area contributed by atoms with Crippen LogP contribution in [0.4, 0.5) is 8.78 Å². The fraction of sp³-hybridized carbons (Fsp3) is 1.00. The lowest BCUT2D eigenvalue weighted by molar-refractivity contribution is 0.0200. The van der Waals surface area contributed by atoms with E-state index in [0.717, 1.165) is 0 Å². The molecule has 0 rings (SSSR count). The summed E-state index contributed by atoms with van der Waals surface area (Å²) in [6, 6.07) is 0. The van der Waals surface area contributed by atoms with Gasteiger partial charge < -0.3 is 10.2 Å². The molecule has 0 aromatic carbocycles. The Morgan fingerprint density at radius 1 is 1.40 bits per heavy atom. The molecule has 0 aromatic heterocycles. The minimum atomic E-state index is -2.28. The molecule has 0 bridgehead atoms. The smallest absolute Gasteiger partial charge is 0.225 e. The van der Waals surface area contributed by atoms with E-state index < -0.39 is 13.0 Å². The number of rotatable bonds is 2. The highest BCUT2D eigenvalue weighted by Crippen LogP contribution is 2.06. The van der Waals surface area contributed by atoms with Crippen molar-refractivity contribution in [2.75, 3.05) is 13.3 Å². The maximum Gasteiger partial charge on any atom is 0.225 e. The van der Waals surface area contributed by atoms with Gasteiger partial charge in [-0.15, -0.1) is 0 Å². The summed E-state index contributed by atoms with van der Waals surface area (Å²) in [5.74, 6) is 0. The molecule has 0 aliphatic carbocycles. The summed E-state index contributed by atoms with van der Waals surface area (Å²) in [5, 5.41) is 15.4. The van der Waals surface area contributed by atoms with E-state index in [1.54, 1.807) is 0 Å². The molecule has 1 atom stereocenters. The van der Waals surface area contributed by atoms with Crippen LogP contribution in [0.2, 0.25) is 0 Å². The molecule has 2 nitrogen and oxygen atoms in total. The average Bonchev–Trinajstić information content (AvgIpc) is 1.89. The molecule has 0 aliphatic rings. The standard InChI is InChI=1S/C2H4F2O.C2H4I2O/c3-1-2(4)5;3-2(4)1-5/h2*2,5H,1H2. The summed E-state index contributed by atoms with van der Waals surface area (Å²) < 4.78 is 21.5. The number of hydrogen-bond acceptors (Lipinski definition) is 2. The van der Waals surface area contributed by atoms with Gasteiger partial charge in [0.15, 0.2) is 0 Å². The average molecular weight is 380 g/mol. The topological polar surface area (TPSA) is 40.5 Å². The van der Waals surface area contributed by atoms with Crippen LogP contribution in [0.1, 0.15) is 0 Å². The third-order valence-electron chi connectivity index (χ3n) is 0.265. The monoisotopic (exact) mass is 380 g/mol. The molecule has 1 unspecified atom stereocenters. The first kappa shape index (κ1) is 13.8. The molecule has 0 heterocycles. The molecule has 64 valence electrons. The zero-order valence-electron chi connectivity index (χ0n) is 4.98. The molecule has 6 heteroatoms. The van der Waals surface area contributed by atoms with Crippen LogP contribution in [0.3, 0.4) is 0 Å². The van der Waals surface area contributed by atoms with E-state index >= 15 is 0 Å². The predicted octanol–water partition coefficient (Wildman–Crippen LogP) is 1.42. The third kappa shape index (κ3) is 22.8. The van der Waals surface area contributed by atoms with Crippen LogP contribution >= 0.6 is 45.2 Å². The van der Waals surface area contributed by atoms with Crippen LogP contribution in [0.15, 0.2) is 0 Å². The lowest BCUT2D eigenvalue weighted by Gasteiger charge is -1.85. The van der Waals surface area contributed by atoms with Gasteiger partial charge in [0.2, 0.25) is 6.36 Å². The predicted molar refractivity (Wildman–Crippen MR) is 52.0 cm³/mol. The van der Waals surface area contributed by atoms with Gasteiger partial charge in [0.25, 0.3) is 0 Å². The van der Waals surface area contributed by atoms with Crippen molar-refractivity contribution in [3.8, 4) is 0 Å². The van der Waals surface area contributed by atoms with E-state index in [0.29, 0.717) is 1.93 Å². The van der Waals surface area contributed by atoms with Crippen molar-refractivity contribution in [1.29, 1.82) is 0 Å². The Kier molecular flexibility index (Phi) is 14.1. The zero-order valence-corrected chi connectivity index (χ0v) is 9.29. The number of alkyl halides is 4. The number of hydrogen-bond donors (Lipinski definition) is 2. The second-order valence-corrected chi connectivity index (χ2v) is 6.55. The van der Waals surface area contributed by atoms with Crippen molar-refractivity contribution in [3.05, 3.63) is 0 Å². The molecule has 0 aliphatic heterocycles. The molecular weight excluding hydrogens is 372 g/mol. The molecule has 0 aromatic rings. The first-order valence-electron chi connectivity index (χ1n) is 2.31. The lowest BCUT2D eigenvalue weighted by Crippen LogP contribution is -1.96. The van der Waals surface area contributed by atoms with Gasteiger partial charge in [-0.3, -0.25) is 0 Å². The van der Waals surface area contributed by atoms with Crippen LogP contribution in [-0.2, 0) is 0 Å². The summed E-state index contributed by atoms with van der Waals surface area (Å²) in [5.41, 5.74) is 0. The Hall–Kier alpha value is 1.24. The highest BCUT2D eigenvalue weighted by Gasteiger charge is 1.91. The van der Waals surface area contributed by atoms with Crippen molar-refractivity contribution in [1.82, 2.24) is 0 Å². The lowest BCUT2D eigenvalue weighted by atomic mass is 10.8. The summed E-state index contributed by atoms with van der Waals surface area (Å²) >= 11 is 4.29. The molecule has 0 radical (unpaired) electrons. The van der Waals surface area contributed by atoms with Crippen molar-refractivity contribution in [3.63, 3.8) is 0 Å². The molecule has 10 heavy (non-hydrogen) atoms. The second kappa shape index (κ2) is 10.2. The minimum Gasteiger partial charge on any atom is -0.394 e.